The Bertz CT molecular complexity index is 629. The lowest BCUT2D eigenvalue weighted by Gasteiger charge is -1.94. The molecule has 1 aliphatic rings. The molecule has 4 nitrogen and oxygen atoms in total. The predicted octanol–water partition coefficient (Wildman–Crippen LogP) is 2.85. The number of furan rings is 1. The number of carbonyl (C=O) groups excluding carboxylic acids is 2. The second-order valence-corrected chi connectivity index (χ2v) is 5.53. The molecule has 0 N–H and O–H groups in total. The minimum atomic E-state index is -0.576. The number of rotatable bonds is 3. The van der Waals surface area contributed by atoms with Crippen molar-refractivity contribution in [1.29, 1.82) is 0 Å². The van der Waals surface area contributed by atoms with Crippen LogP contribution < -0.4 is 0 Å². The molecule has 2 aromatic rings. The van der Waals surface area contributed by atoms with Crippen LogP contribution in [-0.2, 0) is 17.6 Å². The summed E-state index contributed by atoms with van der Waals surface area (Å²) in [7, 11) is 1.27. The Labute approximate surface area is 114 Å². The van der Waals surface area contributed by atoms with Crippen molar-refractivity contribution in [3.8, 4) is 0 Å². The quantitative estimate of drug-likeness (QED) is 0.639. The zero-order chi connectivity index (χ0) is 13.4. The fourth-order valence-electron chi connectivity index (χ4n) is 2.23. The lowest BCUT2D eigenvalue weighted by atomic mass is 10.2. The third-order valence-corrected chi connectivity index (χ3v) is 4.42. The first kappa shape index (κ1) is 12.2. The van der Waals surface area contributed by atoms with Crippen molar-refractivity contribution in [2.24, 2.45) is 0 Å². The van der Waals surface area contributed by atoms with E-state index in [-0.39, 0.29) is 17.3 Å². The van der Waals surface area contributed by atoms with Crippen molar-refractivity contribution < 1.29 is 18.7 Å². The second kappa shape index (κ2) is 4.66. The van der Waals surface area contributed by atoms with E-state index in [9.17, 15) is 9.59 Å². The van der Waals surface area contributed by atoms with Crippen molar-refractivity contribution in [2.75, 3.05) is 7.11 Å². The number of thiophene rings is 1. The standard InChI is InChI=1S/C14H12O4S/c1-17-14(16)10-6-5-9(18-10)13(15)12-7-8-3-2-4-11(8)19-12/h5-7H,2-4H2,1H3. The van der Waals surface area contributed by atoms with Crippen molar-refractivity contribution >= 4 is 23.1 Å². The van der Waals surface area contributed by atoms with E-state index < -0.39 is 5.97 Å². The molecule has 2 heterocycles. The lowest BCUT2D eigenvalue weighted by molar-refractivity contribution is 0.0563. The molecule has 0 saturated heterocycles. The molecule has 2 aromatic heterocycles. The lowest BCUT2D eigenvalue weighted by Crippen LogP contribution is -2.00. The summed E-state index contributed by atoms with van der Waals surface area (Å²) in [5, 5.41) is 0. The Morgan fingerprint density at radius 2 is 2.05 bits per heavy atom. The highest BCUT2D eigenvalue weighted by Gasteiger charge is 2.22. The van der Waals surface area contributed by atoms with Crippen molar-refractivity contribution in [3.05, 3.63) is 45.0 Å². The maximum Gasteiger partial charge on any atom is 0.373 e. The van der Waals surface area contributed by atoms with Crippen LogP contribution in [0.25, 0.3) is 0 Å². The Morgan fingerprint density at radius 1 is 1.26 bits per heavy atom. The monoisotopic (exact) mass is 276 g/mol. The maximum atomic E-state index is 12.2. The predicted molar refractivity (Wildman–Crippen MR) is 69.8 cm³/mol. The average molecular weight is 276 g/mol. The van der Waals surface area contributed by atoms with Crippen LogP contribution in [0.4, 0.5) is 0 Å². The van der Waals surface area contributed by atoms with E-state index >= 15 is 0 Å². The molecule has 0 radical (unpaired) electrons. The molecular weight excluding hydrogens is 264 g/mol. The van der Waals surface area contributed by atoms with Gasteiger partial charge in [0.05, 0.1) is 12.0 Å². The molecule has 3 rings (SSSR count). The zero-order valence-electron chi connectivity index (χ0n) is 10.4. The van der Waals surface area contributed by atoms with Gasteiger partial charge >= 0.3 is 5.97 Å². The Hall–Kier alpha value is -1.88. The van der Waals surface area contributed by atoms with Gasteiger partial charge in [-0.2, -0.15) is 0 Å². The molecule has 0 bridgehead atoms. The maximum absolute atomic E-state index is 12.2. The van der Waals surface area contributed by atoms with Crippen LogP contribution in [0, 0.1) is 0 Å². The average Bonchev–Trinajstić information content (AvgIpc) is 3.10. The molecule has 1 aliphatic carbocycles. The highest BCUT2D eigenvalue weighted by atomic mass is 32.1. The number of ketones is 1. The van der Waals surface area contributed by atoms with Gasteiger partial charge in [-0.25, -0.2) is 4.79 Å². The van der Waals surface area contributed by atoms with Gasteiger partial charge in [0, 0.05) is 4.88 Å². The summed E-state index contributed by atoms with van der Waals surface area (Å²) in [6, 6.07) is 4.91. The van der Waals surface area contributed by atoms with Crippen LogP contribution in [0.5, 0.6) is 0 Å². The van der Waals surface area contributed by atoms with E-state index in [0.29, 0.717) is 4.88 Å². The van der Waals surface area contributed by atoms with E-state index in [4.69, 9.17) is 4.42 Å². The largest absolute Gasteiger partial charge is 0.463 e. The third-order valence-electron chi connectivity index (χ3n) is 3.19. The molecule has 5 heteroatoms. The van der Waals surface area contributed by atoms with Gasteiger partial charge < -0.3 is 9.15 Å². The van der Waals surface area contributed by atoms with E-state index in [1.54, 1.807) is 0 Å². The number of methoxy groups -OCH3 is 1. The van der Waals surface area contributed by atoms with Gasteiger partial charge in [0.15, 0.2) is 5.76 Å². The SMILES string of the molecule is COC(=O)c1ccc(C(=O)c2cc3c(s2)CCC3)o1. The highest BCUT2D eigenvalue weighted by Crippen LogP contribution is 2.32. The number of hydrogen-bond acceptors (Lipinski definition) is 5. The number of carbonyl (C=O) groups is 2. The van der Waals surface area contributed by atoms with E-state index in [2.05, 4.69) is 4.74 Å². The Balaban J connectivity index is 1.87. The molecule has 0 unspecified atom stereocenters. The molecule has 0 fully saturated rings. The first-order valence-electron chi connectivity index (χ1n) is 6.03. The first-order valence-corrected chi connectivity index (χ1v) is 6.85. The van der Waals surface area contributed by atoms with Gasteiger partial charge in [0.1, 0.15) is 0 Å². The van der Waals surface area contributed by atoms with Crippen molar-refractivity contribution in [3.63, 3.8) is 0 Å². The molecule has 0 aliphatic heterocycles. The first-order chi connectivity index (χ1) is 9.19. The van der Waals surface area contributed by atoms with Crippen LogP contribution in [0.2, 0.25) is 0 Å². The normalized spacial score (nSPS) is 13.3. The van der Waals surface area contributed by atoms with Crippen LogP contribution in [0.15, 0.2) is 22.6 Å². The Kier molecular flexibility index (Phi) is 2.98. The number of esters is 1. The van der Waals surface area contributed by atoms with Gasteiger partial charge in [-0.1, -0.05) is 0 Å². The van der Waals surface area contributed by atoms with Crippen molar-refractivity contribution in [2.45, 2.75) is 19.3 Å². The zero-order valence-corrected chi connectivity index (χ0v) is 11.2. The molecule has 0 atom stereocenters. The van der Waals surface area contributed by atoms with Gasteiger partial charge in [-0.05, 0) is 43.0 Å². The molecule has 19 heavy (non-hydrogen) atoms. The van der Waals surface area contributed by atoms with Crippen LogP contribution >= 0.6 is 11.3 Å². The summed E-state index contributed by atoms with van der Waals surface area (Å²) in [5.74, 6) is -0.516. The van der Waals surface area contributed by atoms with Gasteiger partial charge in [-0.3, -0.25) is 4.79 Å². The highest BCUT2D eigenvalue weighted by molar-refractivity contribution is 7.14. The third kappa shape index (κ3) is 2.10. The minimum absolute atomic E-state index is 0.0509. The molecule has 0 aromatic carbocycles. The summed E-state index contributed by atoms with van der Waals surface area (Å²) in [4.78, 5) is 25.5. The van der Waals surface area contributed by atoms with E-state index in [1.165, 1.54) is 47.4 Å². The fraction of sp³-hybridized carbons (Fsp3) is 0.286. The molecular formula is C14H12O4S. The second-order valence-electron chi connectivity index (χ2n) is 4.40. The topological polar surface area (TPSA) is 56.5 Å². The van der Waals surface area contributed by atoms with Gasteiger partial charge in [0.25, 0.3) is 0 Å². The molecule has 98 valence electrons. The number of hydrogen-bond donors (Lipinski definition) is 0. The fourth-order valence-corrected chi connectivity index (χ4v) is 3.43. The van der Waals surface area contributed by atoms with Crippen molar-refractivity contribution in [1.82, 2.24) is 0 Å². The van der Waals surface area contributed by atoms with E-state index in [1.807, 2.05) is 6.07 Å². The molecule has 0 amide bonds. The summed E-state index contributed by atoms with van der Waals surface area (Å²) in [6.07, 6.45) is 3.27. The van der Waals surface area contributed by atoms with Gasteiger partial charge in [0.2, 0.25) is 11.5 Å². The Morgan fingerprint density at radius 3 is 2.79 bits per heavy atom. The number of ether oxygens (including phenoxy) is 1. The number of aryl methyl sites for hydroxylation is 2. The van der Waals surface area contributed by atoms with E-state index in [0.717, 1.165) is 12.8 Å². The minimum Gasteiger partial charge on any atom is -0.463 e. The summed E-state index contributed by atoms with van der Waals surface area (Å²) >= 11 is 1.52. The van der Waals surface area contributed by atoms with Crippen LogP contribution in [-0.4, -0.2) is 18.9 Å². The summed E-state index contributed by atoms with van der Waals surface area (Å²) < 4.78 is 9.78. The molecule has 0 spiro atoms. The molecule has 0 saturated carbocycles. The smallest absolute Gasteiger partial charge is 0.373 e. The van der Waals surface area contributed by atoms with Crippen LogP contribution in [0.1, 0.15) is 42.8 Å². The van der Waals surface area contributed by atoms with Gasteiger partial charge in [-0.15, -0.1) is 11.3 Å². The summed E-state index contributed by atoms with van der Waals surface area (Å²) in [5.41, 5.74) is 1.27. The van der Waals surface area contributed by atoms with Crippen LogP contribution in [0.3, 0.4) is 0 Å². The summed E-state index contributed by atoms with van der Waals surface area (Å²) in [6.45, 7) is 0. The number of fused-ring (bicyclic) bond motifs is 1.